The van der Waals surface area contributed by atoms with E-state index in [0.29, 0.717) is 6.04 Å². The van der Waals surface area contributed by atoms with E-state index in [1.807, 2.05) is 23.1 Å². The summed E-state index contributed by atoms with van der Waals surface area (Å²) in [5, 5.41) is 5.72. The van der Waals surface area contributed by atoms with Crippen molar-refractivity contribution in [1.82, 2.24) is 5.32 Å². The van der Waals surface area contributed by atoms with Crippen LogP contribution in [-0.4, -0.2) is 12.3 Å². The maximum absolute atomic E-state index is 3.58. The Kier molecular flexibility index (Phi) is 5.95. The molecule has 0 radical (unpaired) electrons. The quantitative estimate of drug-likeness (QED) is 0.739. The molecule has 0 amide bonds. The highest BCUT2D eigenvalue weighted by molar-refractivity contribution is 8.01. The predicted molar refractivity (Wildman–Crippen MR) is 87.3 cm³/mol. The van der Waals surface area contributed by atoms with E-state index >= 15 is 0 Å². The van der Waals surface area contributed by atoms with Crippen LogP contribution in [0.4, 0.5) is 0 Å². The standard InChI is InChI=1S/C16H21NS2/c1-3-13-7-9-14(10-8-13)15(17-4-2)12-19-16-6-5-11-18-16/h5-11,15,17H,3-4,12H2,1-2H3. The maximum atomic E-state index is 3.58. The highest BCUT2D eigenvalue weighted by Gasteiger charge is 2.11. The monoisotopic (exact) mass is 291 g/mol. The fraction of sp³-hybridized carbons (Fsp3) is 0.375. The summed E-state index contributed by atoms with van der Waals surface area (Å²) in [5.41, 5.74) is 2.80. The molecule has 1 nitrogen and oxygen atoms in total. The van der Waals surface area contributed by atoms with Crippen molar-refractivity contribution < 1.29 is 0 Å². The van der Waals surface area contributed by atoms with Crippen LogP contribution in [0.25, 0.3) is 0 Å². The zero-order valence-electron chi connectivity index (χ0n) is 11.6. The molecule has 0 saturated carbocycles. The third kappa shape index (κ3) is 4.37. The van der Waals surface area contributed by atoms with Crippen molar-refractivity contribution in [3.63, 3.8) is 0 Å². The van der Waals surface area contributed by atoms with Gasteiger partial charge in [-0.3, -0.25) is 0 Å². The van der Waals surface area contributed by atoms with Gasteiger partial charge in [0.15, 0.2) is 0 Å². The largest absolute Gasteiger partial charge is 0.309 e. The van der Waals surface area contributed by atoms with Crippen LogP contribution in [0.3, 0.4) is 0 Å². The number of rotatable bonds is 7. The predicted octanol–water partition coefficient (Wildman–Crippen LogP) is 4.75. The number of aryl methyl sites for hydroxylation is 1. The summed E-state index contributed by atoms with van der Waals surface area (Å²) >= 11 is 3.76. The summed E-state index contributed by atoms with van der Waals surface area (Å²) < 4.78 is 1.40. The minimum atomic E-state index is 0.433. The number of thiophene rings is 1. The summed E-state index contributed by atoms with van der Waals surface area (Å²) in [6.07, 6.45) is 1.11. The molecule has 0 aliphatic carbocycles. The van der Waals surface area contributed by atoms with Crippen LogP contribution >= 0.6 is 23.1 Å². The van der Waals surface area contributed by atoms with E-state index in [9.17, 15) is 0 Å². The Hall–Kier alpha value is -0.770. The van der Waals surface area contributed by atoms with Gasteiger partial charge >= 0.3 is 0 Å². The van der Waals surface area contributed by atoms with Crippen LogP contribution in [0.5, 0.6) is 0 Å². The Bertz CT molecular complexity index is 462. The minimum absolute atomic E-state index is 0.433. The number of hydrogen-bond acceptors (Lipinski definition) is 3. The van der Waals surface area contributed by atoms with E-state index in [0.717, 1.165) is 18.7 Å². The maximum Gasteiger partial charge on any atom is 0.0599 e. The van der Waals surface area contributed by atoms with Gasteiger partial charge in [0.05, 0.1) is 4.21 Å². The smallest absolute Gasteiger partial charge is 0.0599 e. The third-order valence-corrected chi connectivity index (χ3v) is 5.35. The van der Waals surface area contributed by atoms with Gasteiger partial charge in [0.2, 0.25) is 0 Å². The lowest BCUT2D eigenvalue weighted by atomic mass is 10.1. The Balaban J connectivity index is 2.01. The second-order valence-corrected chi connectivity index (χ2v) is 6.72. The third-order valence-electron chi connectivity index (χ3n) is 3.13. The Labute approximate surface area is 124 Å². The molecule has 1 unspecified atom stereocenters. The van der Waals surface area contributed by atoms with Gasteiger partial charge < -0.3 is 5.32 Å². The van der Waals surface area contributed by atoms with E-state index in [2.05, 4.69) is 60.9 Å². The zero-order chi connectivity index (χ0) is 13.5. The lowest BCUT2D eigenvalue weighted by Gasteiger charge is -2.18. The average molecular weight is 291 g/mol. The van der Waals surface area contributed by atoms with Crippen LogP contribution < -0.4 is 5.32 Å². The zero-order valence-corrected chi connectivity index (χ0v) is 13.2. The van der Waals surface area contributed by atoms with Crippen molar-refractivity contribution in [3.8, 4) is 0 Å². The van der Waals surface area contributed by atoms with Crippen molar-refractivity contribution in [2.75, 3.05) is 12.3 Å². The van der Waals surface area contributed by atoms with E-state index in [1.54, 1.807) is 0 Å². The van der Waals surface area contributed by atoms with Gasteiger partial charge in [-0.1, -0.05) is 44.2 Å². The Morgan fingerprint density at radius 3 is 2.53 bits per heavy atom. The average Bonchev–Trinajstić information content (AvgIpc) is 2.97. The van der Waals surface area contributed by atoms with Crippen molar-refractivity contribution in [1.29, 1.82) is 0 Å². The second kappa shape index (κ2) is 7.73. The molecule has 1 atom stereocenters. The molecular weight excluding hydrogens is 270 g/mol. The van der Waals surface area contributed by atoms with Crippen LogP contribution in [0.2, 0.25) is 0 Å². The van der Waals surface area contributed by atoms with E-state index in [-0.39, 0.29) is 0 Å². The summed E-state index contributed by atoms with van der Waals surface area (Å²) in [5.74, 6) is 1.08. The fourth-order valence-corrected chi connectivity index (χ4v) is 3.92. The van der Waals surface area contributed by atoms with Gasteiger partial charge in [0.25, 0.3) is 0 Å². The highest BCUT2D eigenvalue weighted by Crippen LogP contribution is 2.28. The second-order valence-electron chi connectivity index (χ2n) is 4.45. The molecule has 2 rings (SSSR count). The molecule has 0 bridgehead atoms. The molecule has 0 spiro atoms. The van der Waals surface area contributed by atoms with Crippen molar-refractivity contribution in [3.05, 3.63) is 52.9 Å². The van der Waals surface area contributed by atoms with Gasteiger partial charge in [0.1, 0.15) is 0 Å². The summed E-state index contributed by atoms with van der Waals surface area (Å²) in [6.45, 7) is 5.37. The van der Waals surface area contributed by atoms with Crippen molar-refractivity contribution in [2.24, 2.45) is 0 Å². The molecule has 3 heteroatoms. The van der Waals surface area contributed by atoms with Gasteiger partial charge in [-0.2, -0.15) is 0 Å². The number of benzene rings is 1. The van der Waals surface area contributed by atoms with Gasteiger partial charge in [0, 0.05) is 11.8 Å². The SMILES string of the molecule is CCNC(CSc1cccs1)c1ccc(CC)cc1. The Morgan fingerprint density at radius 1 is 1.16 bits per heavy atom. The fourth-order valence-electron chi connectivity index (χ4n) is 2.02. The summed E-state index contributed by atoms with van der Waals surface area (Å²) in [7, 11) is 0. The molecule has 1 heterocycles. The van der Waals surface area contributed by atoms with Crippen LogP contribution in [0, 0.1) is 0 Å². The number of hydrogen-bond donors (Lipinski definition) is 1. The van der Waals surface area contributed by atoms with E-state index in [4.69, 9.17) is 0 Å². The molecule has 1 N–H and O–H groups in total. The summed E-state index contributed by atoms with van der Waals surface area (Å²) in [4.78, 5) is 0. The number of nitrogens with one attached hydrogen (secondary N) is 1. The minimum Gasteiger partial charge on any atom is -0.309 e. The summed E-state index contributed by atoms with van der Waals surface area (Å²) in [6, 6.07) is 13.8. The molecule has 2 aromatic rings. The molecule has 0 aliphatic heterocycles. The van der Waals surface area contributed by atoms with Crippen molar-refractivity contribution >= 4 is 23.1 Å². The molecule has 102 valence electrons. The van der Waals surface area contributed by atoms with E-state index < -0.39 is 0 Å². The molecular formula is C16H21NS2. The first-order valence-corrected chi connectivity index (χ1v) is 8.68. The first kappa shape index (κ1) is 14.6. The van der Waals surface area contributed by atoms with Gasteiger partial charge in [-0.25, -0.2) is 0 Å². The normalized spacial score (nSPS) is 12.5. The highest BCUT2D eigenvalue weighted by atomic mass is 32.2. The lowest BCUT2D eigenvalue weighted by Crippen LogP contribution is -2.22. The Morgan fingerprint density at radius 2 is 1.95 bits per heavy atom. The topological polar surface area (TPSA) is 12.0 Å². The molecule has 19 heavy (non-hydrogen) atoms. The first-order chi connectivity index (χ1) is 9.33. The molecule has 0 fully saturated rings. The van der Waals surface area contributed by atoms with Crippen LogP contribution in [0.15, 0.2) is 46.0 Å². The molecule has 1 aromatic carbocycles. The van der Waals surface area contributed by atoms with Gasteiger partial charge in [-0.05, 0) is 35.5 Å². The van der Waals surface area contributed by atoms with Crippen molar-refractivity contribution in [2.45, 2.75) is 30.5 Å². The number of thioether (sulfide) groups is 1. The molecule has 1 aromatic heterocycles. The molecule has 0 aliphatic rings. The van der Waals surface area contributed by atoms with Gasteiger partial charge in [-0.15, -0.1) is 23.1 Å². The van der Waals surface area contributed by atoms with Crippen LogP contribution in [-0.2, 0) is 6.42 Å². The first-order valence-electron chi connectivity index (χ1n) is 6.82. The lowest BCUT2D eigenvalue weighted by molar-refractivity contribution is 0.606. The van der Waals surface area contributed by atoms with Crippen LogP contribution in [0.1, 0.15) is 31.0 Å². The molecule has 0 saturated heterocycles. The van der Waals surface area contributed by atoms with E-state index in [1.165, 1.54) is 15.3 Å².